The zero-order valence-corrected chi connectivity index (χ0v) is 6.69. The van der Waals surface area contributed by atoms with Crippen molar-refractivity contribution in [3.63, 3.8) is 0 Å². The van der Waals surface area contributed by atoms with E-state index in [1.54, 1.807) is 0 Å². The Balaban J connectivity index is 0.00000144. The zero-order chi connectivity index (χ0) is 9.14. The van der Waals surface area contributed by atoms with Crippen LogP contribution in [-0.2, 0) is 9.59 Å². The molecule has 1 rings (SSSR count). The molecule has 0 amide bonds. The quantitative estimate of drug-likeness (QED) is 0.655. The first-order valence-electron chi connectivity index (χ1n) is 4.07. The minimum absolute atomic E-state index is 0. The second-order valence-corrected chi connectivity index (χ2v) is 3.23. The van der Waals surface area contributed by atoms with Crippen LogP contribution < -0.4 is 0 Å². The van der Waals surface area contributed by atoms with Crippen molar-refractivity contribution in [3.05, 3.63) is 0 Å². The molecule has 1 saturated carbocycles. The van der Waals surface area contributed by atoms with Crippen LogP contribution in [0, 0.1) is 11.8 Å². The highest BCUT2D eigenvalue weighted by atomic mass is 16.4. The third-order valence-corrected chi connectivity index (χ3v) is 2.43. The first-order valence-corrected chi connectivity index (χ1v) is 4.07. The molecule has 0 aromatic rings. The topological polar surface area (TPSA) is 74.6 Å². The molecule has 0 bridgehead atoms. The molecule has 0 aromatic carbocycles. The lowest BCUT2D eigenvalue weighted by Gasteiger charge is -2.22. The van der Waals surface area contributed by atoms with Gasteiger partial charge in [-0.2, -0.15) is 0 Å². The second kappa shape index (κ2) is 3.56. The molecule has 69 valence electrons. The summed E-state index contributed by atoms with van der Waals surface area (Å²) in [5, 5.41) is 17.2. The van der Waals surface area contributed by atoms with Crippen molar-refractivity contribution in [3.8, 4) is 0 Å². The number of rotatable bonds is 2. The number of carboxylic acid groups (broad SMARTS) is 2. The summed E-state index contributed by atoms with van der Waals surface area (Å²) in [5.74, 6) is -2.22. The predicted molar refractivity (Wildman–Crippen MR) is 41.8 cm³/mol. The number of carboxylic acids is 2. The van der Waals surface area contributed by atoms with Gasteiger partial charge in [0.2, 0.25) is 0 Å². The van der Waals surface area contributed by atoms with Gasteiger partial charge in [0.05, 0.1) is 11.8 Å². The van der Waals surface area contributed by atoms with Crippen LogP contribution in [-0.4, -0.2) is 22.2 Å². The lowest BCUT2D eigenvalue weighted by atomic mass is 9.82. The van der Waals surface area contributed by atoms with E-state index in [9.17, 15) is 9.59 Å². The molecule has 1 aliphatic carbocycles. The Bertz CT molecular complexity index is 174. The SMILES string of the molecule is O=C(O)C1CCC(C(=O)O)CC1.[H]. The maximum absolute atomic E-state index is 10.5. The Morgan fingerprint density at radius 3 is 1.33 bits per heavy atom. The molecular weight excluding hydrogens is 160 g/mol. The van der Waals surface area contributed by atoms with Gasteiger partial charge in [-0.1, -0.05) is 0 Å². The van der Waals surface area contributed by atoms with Gasteiger partial charge in [-0.15, -0.1) is 0 Å². The Kier molecular flexibility index (Phi) is 2.68. The normalized spacial score (nSPS) is 29.7. The molecule has 0 atom stereocenters. The van der Waals surface area contributed by atoms with Crippen LogP contribution in [0.2, 0.25) is 0 Å². The van der Waals surface area contributed by atoms with Crippen molar-refractivity contribution in [1.29, 1.82) is 0 Å². The van der Waals surface area contributed by atoms with E-state index in [2.05, 4.69) is 0 Å². The first kappa shape index (κ1) is 9.03. The fraction of sp³-hybridized carbons (Fsp3) is 0.750. The van der Waals surface area contributed by atoms with Gasteiger partial charge in [-0.05, 0) is 25.7 Å². The van der Waals surface area contributed by atoms with Crippen molar-refractivity contribution >= 4 is 11.9 Å². The maximum atomic E-state index is 10.5. The summed E-state index contributed by atoms with van der Waals surface area (Å²) in [6, 6.07) is 0. The molecule has 12 heavy (non-hydrogen) atoms. The van der Waals surface area contributed by atoms with E-state index in [0.29, 0.717) is 25.7 Å². The van der Waals surface area contributed by atoms with E-state index < -0.39 is 11.9 Å². The van der Waals surface area contributed by atoms with E-state index in [1.165, 1.54) is 0 Å². The number of aliphatic carboxylic acids is 2. The van der Waals surface area contributed by atoms with Gasteiger partial charge in [-0.25, -0.2) is 0 Å². The second-order valence-electron chi connectivity index (χ2n) is 3.23. The van der Waals surface area contributed by atoms with Crippen LogP contribution in [0.4, 0.5) is 0 Å². The lowest BCUT2D eigenvalue weighted by Crippen LogP contribution is -2.25. The molecule has 4 nitrogen and oxygen atoms in total. The molecule has 0 aromatic heterocycles. The summed E-state index contributed by atoms with van der Waals surface area (Å²) in [4.78, 5) is 21.0. The average Bonchev–Trinajstić information content (AvgIpc) is 2.04. The fourth-order valence-electron chi connectivity index (χ4n) is 1.59. The molecule has 0 heterocycles. The average molecular weight is 173 g/mol. The lowest BCUT2D eigenvalue weighted by molar-refractivity contribution is -0.148. The highest BCUT2D eigenvalue weighted by Gasteiger charge is 2.29. The Hall–Kier alpha value is -1.06. The fourth-order valence-corrected chi connectivity index (χ4v) is 1.59. The number of carbonyl (C=O) groups is 2. The van der Waals surface area contributed by atoms with Gasteiger partial charge in [0, 0.05) is 1.43 Å². The number of hydrogen-bond acceptors (Lipinski definition) is 2. The number of hydrogen-bond donors (Lipinski definition) is 2. The Morgan fingerprint density at radius 2 is 1.17 bits per heavy atom. The molecule has 1 radical (unpaired) electrons. The molecular formula is C8H13O4. The molecule has 1 aliphatic rings. The van der Waals surface area contributed by atoms with Gasteiger partial charge < -0.3 is 10.2 Å². The van der Waals surface area contributed by atoms with Gasteiger partial charge in [0.15, 0.2) is 0 Å². The summed E-state index contributed by atoms with van der Waals surface area (Å²) >= 11 is 0. The smallest absolute Gasteiger partial charge is 0.306 e. The molecule has 0 saturated heterocycles. The van der Waals surface area contributed by atoms with Crippen molar-refractivity contribution < 1.29 is 21.2 Å². The van der Waals surface area contributed by atoms with Crippen molar-refractivity contribution in [2.75, 3.05) is 0 Å². The molecule has 0 aliphatic heterocycles. The summed E-state index contributed by atoms with van der Waals surface area (Å²) < 4.78 is 0. The highest BCUT2D eigenvalue weighted by molar-refractivity contribution is 5.72. The summed E-state index contributed by atoms with van der Waals surface area (Å²) in [6.07, 6.45) is 2.03. The van der Waals surface area contributed by atoms with Crippen molar-refractivity contribution in [1.82, 2.24) is 0 Å². The molecule has 4 heteroatoms. The van der Waals surface area contributed by atoms with E-state index in [1.807, 2.05) is 0 Å². The van der Waals surface area contributed by atoms with Gasteiger partial charge in [-0.3, -0.25) is 9.59 Å². The van der Waals surface area contributed by atoms with E-state index >= 15 is 0 Å². The zero-order valence-electron chi connectivity index (χ0n) is 7.69. The van der Waals surface area contributed by atoms with Crippen molar-refractivity contribution in [2.45, 2.75) is 25.7 Å². The van der Waals surface area contributed by atoms with Crippen LogP contribution in [0.5, 0.6) is 0 Å². The Morgan fingerprint density at radius 1 is 0.917 bits per heavy atom. The van der Waals surface area contributed by atoms with E-state index in [4.69, 9.17) is 10.2 Å². The van der Waals surface area contributed by atoms with Crippen LogP contribution in [0.15, 0.2) is 0 Å². The van der Waals surface area contributed by atoms with Crippen LogP contribution in [0.25, 0.3) is 0 Å². The summed E-state index contributed by atoms with van der Waals surface area (Å²) in [6.45, 7) is 0. The summed E-state index contributed by atoms with van der Waals surface area (Å²) in [5.41, 5.74) is 0. The third-order valence-electron chi connectivity index (χ3n) is 2.43. The van der Waals surface area contributed by atoms with E-state index in [-0.39, 0.29) is 13.3 Å². The highest BCUT2D eigenvalue weighted by Crippen LogP contribution is 2.28. The van der Waals surface area contributed by atoms with Gasteiger partial charge in [0.25, 0.3) is 0 Å². The first-order chi connectivity index (χ1) is 5.61. The third kappa shape index (κ3) is 1.96. The van der Waals surface area contributed by atoms with Crippen LogP contribution in [0.1, 0.15) is 27.1 Å². The van der Waals surface area contributed by atoms with Crippen molar-refractivity contribution in [2.24, 2.45) is 11.8 Å². The monoisotopic (exact) mass is 173 g/mol. The minimum Gasteiger partial charge on any atom is -0.481 e. The summed E-state index contributed by atoms with van der Waals surface area (Å²) in [7, 11) is 0. The Labute approximate surface area is 71.7 Å². The minimum atomic E-state index is -0.793. The maximum Gasteiger partial charge on any atom is 0.306 e. The van der Waals surface area contributed by atoms with E-state index in [0.717, 1.165) is 0 Å². The van der Waals surface area contributed by atoms with Gasteiger partial charge in [0.1, 0.15) is 0 Å². The molecule has 0 unspecified atom stereocenters. The standard InChI is InChI=1S/C8H12O4.H/c9-7(10)5-1-2-6(4-3-5)8(11)12;/h5-6H,1-4H2,(H,9,10)(H,11,12);. The largest absolute Gasteiger partial charge is 0.481 e. The predicted octanol–water partition coefficient (Wildman–Crippen LogP) is 1.07. The molecule has 0 spiro atoms. The van der Waals surface area contributed by atoms with Gasteiger partial charge >= 0.3 is 11.9 Å². The van der Waals surface area contributed by atoms with Crippen LogP contribution in [0.3, 0.4) is 0 Å². The molecule has 2 N–H and O–H groups in total. The molecule has 1 fully saturated rings. The van der Waals surface area contributed by atoms with Crippen LogP contribution >= 0.6 is 0 Å².